The van der Waals surface area contributed by atoms with Crippen LogP contribution in [0, 0.1) is 5.92 Å². The number of benzene rings is 1. The summed E-state index contributed by atoms with van der Waals surface area (Å²) >= 11 is 9.50. The van der Waals surface area contributed by atoms with Crippen LogP contribution < -0.4 is 5.32 Å². The Morgan fingerprint density at radius 2 is 2.26 bits per heavy atom. The summed E-state index contributed by atoms with van der Waals surface area (Å²) in [6.45, 7) is 2.22. The molecule has 0 bridgehead atoms. The molecule has 1 aliphatic carbocycles. The first kappa shape index (κ1) is 14.9. The molecule has 1 aliphatic rings. The zero-order chi connectivity index (χ0) is 13.8. The Morgan fingerprint density at radius 3 is 3.00 bits per heavy atom. The summed E-state index contributed by atoms with van der Waals surface area (Å²) < 4.78 is 0.761. The van der Waals surface area contributed by atoms with Gasteiger partial charge in [-0.1, -0.05) is 43.9 Å². The molecule has 2 rings (SSSR count). The van der Waals surface area contributed by atoms with Crippen LogP contribution in [0.5, 0.6) is 0 Å². The highest BCUT2D eigenvalue weighted by molar-refractivity contribution is 9.10. The first-order chi connectivity index (χ1) is 9.11. The van der Waals surface area contributed by atoms with Crippen LogP contribution in [-0.2, 0) is 0 Å². The van der Waals surface area contributed by atoms with Crippen molar-refractivity contribution >= 4 is 33.4 Å². The van der Waals surface area contributed by atoms with Crippen LogP contribution in [0.25, 0.3) is 0 Å². The molecule has 1 N–H and O–H groups in total. The van der Waals surface area contributed by atoms with E-state index in [0.717, 1.165) is 23.2 Å². The van der Waals surface area contributed by atoms with E-state index in [-0.39, 0.29) is 5.91 Å². The summed E-state index contributed by atoms with van der Waals surface area (Å²) in [6.07, 6.45) is 5.86. The molecule has 19 heavy (non-hydrogen) atoms. The Hall–Kier alpha value is -0.540. The zero-order valence-corrected chi connectivity index (χ0v) is 13.4. The maximum atomic E-state index is 12.3. The topological polar surface area (TPSA) is 29.1 Å². The van der Waals surface area contributed by atoms with Gasteiger partial charge >= 0.3 is 0 Å². The van der Waals surface area contributed by atoms with E-state index in [9.17, 15) is 4.79 Å². The molecule has 1 aromatic carbocycles. The van der Waals surface area contributed by atoms with E-state index in [1.807, 2.05) is 12.1 Å². The Balaban J connectivity index is 2.02. The van der Waals surface area contributed by atoms with Gasteiger partial charge in [-0.3, -0.25) is 4.79 Å². The number of hydrogen-bond acceptors (Lipinski definition) is 1. The molecule has 104 valence electrons. The fourth-order valence-corrected chi connectivity index (χ4v) is 3.31. The first-order valence-electron chi connectivity index (χ1n) is 6.86. The molecule has 0 spiro atoms. The number of nitrogens with one attached hydrogen (secondary N) is 1. The Bertz CT molecular complexity index is 463. The van der Waals surface area contributed by atoms with Crippen LogP contribution in [0.4, 0.5) is 0 Å². The monoisotopic (exact) mass is 343 g/mol. The number of carbonyl (C=O) groups is 1. The van der Waals surface area contributed by atoms with Gasteiger partial charge in [0.1, 0.15) is 0 Å². The van der Waals surface area contributed by atoms with Crippen LogP contribution in [0.2, 0.25) is 5.02 Å². The van der Waals surface area contributed by atoms with E-state index in [1.54, 1.807) is 6.07 Å². The molecule has 0 heterocycles. The molecule has 1 aromatic rings. The van der Waals surface area contributed by atoms with Crippen molar-refractivity contribution in [3.05, 3.63) is 33.3 Å². The van der Waals surface area contributed by atoms with Gasteiger partial charge in [-0.25, -0.2) is 0 Å². The van der Waals surface area contributed by atoms with Crippen molar-refractivity contribution in [2.45, 2.75) is 45.1 Å². The van der Waals surface area contributed by atoms with Crippen LogP contribution in [-0.4, -0.2) is 11.9 Å². The minimum atomic E-state index is -0.0620. The summed E-state index contributed by atoms with van der Waals surface area (Å²) in [5, 5.41) is 3.61. The first-order valence-corrected chi connectivity index (χ1v) is 8.03. The van der Waals surface area contributed by atoms with Crippen LogP contribution in [0.1, 0.15) is 49.4 Å². The second-order valence-electron chi connectivity index (χ2n) is 5.21. The van der Waals surface area contributed by atoms with Crippen molar-refractivity contribution in [3.8, 4) is 0 Å². The van der Waals surface area contributed by atoms with E-state index in [1.165, 1.54) is 19.3 Å². The highest BCUT2D eigenvalue weighted by Crippen LogP contribution is 2.28. The van der Waals surface area contributed by atoms with Gasteiger partial charge in [-0.15, -0.1) is 0 Å². The maximum absolute atomic E-state index is 12.3. The quantitative estimate of drug-likeness (QED) is 0.838. The third kappa shape index (κ3) is 3.73. The SMILES string of the molecule is CCC1CCCC(NC(=O)c2cccc(Br)c2Cl)C1. The fourth-order valence-electron chi connectivity index (χ4n) is 2.74. The molecular weight excluding hydrogens is 326 g/mol. The lowest BCUT2D eigenvalue weighted by molar-refractivity contribution is 0.0919. The molecule has 4 heteroatoms. The average Bonchev–Trinajstić information content (AvgIpc) is 2.42. The molecule has 0 aromatic heterocycles. The molecule has 2 unspecified atom stereocenters. The number of rotatable bonds is 3. The van der Waals surface area contributed by atoms with Gasteiger partial charge in [-0.05, 0) is 46.8 Å². The predicted octanol–water partition coefficient (Wildman–Crippen LogP) is 4.80. The van der Waals surface area contributed by atoms with Crippen molar-refractivity contribution in [1.82, 2.24) is 5.32 Å². The molecule has 2 nitrogen and oxygen atoms in total. The Labute approximate surface area is 128 Å². The smallest absolute Gasteiger partial charge is 0.253 e. The number of amides is 1. The average molecular weight is 345 g/mol. The van der Waals surface area contributed by atoms with Crippen LogP contribution in [0.15, 0.2) is 22.7 Å². The standard InChI is InChI=1S/C15H19BrClNO/c1-2-10-5-3-6-11(9-10)18-15(19)12-7-4-8-13(16)14(12)17/h4,7-8,10-11H,2-3,5-6,9H2,1H3,(H,18,19). The normalized spacial score (nSPS) is 23.1. The molecule has 1 fully saturated rings. The van der Waals surface area contributed by atoms with Crippen molar-refractivity contribution in [3.63, 3.8) is 0 Å². The summed E-state index contributed by atoms with van der Waals surface area (Å²) in [4.78, 5) is 12.3. The molecule has 1 amide bonds. The second-order valence-corrected chi connectivity index (χ2v) is 6.44. The van der Waals surface area contributed by atoms with Gasteiger partial charge in [0, 0.05) is 10.5 Å². The van der Waals surface area contributed by atoms with E-state index in [4.69, 9.17) is 11.6 Å². The van der Waals surface area contributed by atoms with E-state index in [0.29, 0.717) is 16.6 Å². The minimum Gasteiger partial charge on any atom is -0.349 e. The summed E-state index contributed by atoms with van der Waals surface area (Å²) in [5.74, 6) is 0.685. The Morgan fingerprint density at radius 1 is 1.47 bits per heavy atom. The van der Waals surface area contributed by atoms with E-state index >= 15 is 0 Å². The fraction of sp³-hybridized carbons (Fsp3) is 0.533. The molecule has 0 aliphatic heterocycles. The number of carbonyl (C=O) groups excluding carboxylic acids is 1. The lowest BCUT2D eigenvalue weighted by Crippen LogP contribution is -2.38. The minimum absolute atomic E-state index is 0.0620. The lowest BCUT2D eigenvalue weighted by atomic mass is 9.84. The van der Waals surface area contributed by atoms with Gasteiger partial charge in [0.15, 0.2) is 0 Å². The summed E-state index contributed by atoms with van der Waals surface area (Å²) in [5.41, 5.74) is 0.551. The van der Waals surface area contributed by atoms with Gasteiger partial charge in [0.25, 0.3) is 5.91 Å². The van der Waals surface area contributed by atoms with E-state index < -0.39 is 0 Å². The molecule has 0 saturated heterocycles. The summed E-state index contributed by atoms with van der Waals surface area (Å²) in [6, 6.07) is 5.73. The van der Waals surface area contributed by atoms with Crippen molar-refractivity contribution in [2.75, 3.05) is 0 Å². The van der Waals surface area contributed by atoms with Gasteiger partial charge in [0.05, 0.1) is 10.6 Å². The van der Waals surface area contributed by atoms with E-state index in [2.05, 4.69) is 28.2 Å². The molecular formula is C15H19BrClNO. The lowest BCUT2D eigenvalue weighted by Gasteiger charge is -2.29. The van der Waals surface area contributed by atoms with Crippen LogP contribution in [0.3, 0.4) is 0 Å². The highest BCUT2D eigenvalue weighted by Gasteiger charge is 2.23. The molecule has 2 atom stereocenters. The van der Waals surface area contributed by atoms with Crippen LogP contribution >= 0.6 is 27.5 Å². The third-order valence-corrected chi connectivity index (χ3v) is 5.19. The predicted molar refractivity (Wildman–Crippen MR) is 82.7 cm³/mol. The van der Waals surface area contributed by atoms with Crippen molar-refractivity contribution in [2.24, 2.45) is 5.92 Å². The number of hydrogen-bond donors (Lipinski definition) is 1. The van der Waals surface area contributed by atoms with Gasteiger partial charge < -0.3 is 5.32 Å². The van der Waals surface area contributed by atoms with Crippen molar-refractivity contribution in [1.29, 1.82) is 0 Å². The highest BCUT2D eigenvalue weighted by atomic mass is 79.9. The Kier molecular flexibility index (Phi) is 5.28. The molecule has 0 radical (unpaired) electrons. The summed E-state index contributed by atoms with van der Waals surface area (Å²) in [7, 11) is 0. The van der Waals surface area contributed by atoms with Gasteiger partial charge in [0.2, 0.25) is 0 Å². The largest absolute Gasteiger partial charge is 0.349 e. The van der Waals surface area contributed by atoms with Crippen molar-refractivity contribution < 1.29 is 4.79 Å². The molecule has 1 saturated carbocycles. The third-order valence-electron chi connectivity index (χ3n) is 3.89. The zero-order valence-electron chi connectivity index (χ0n) is 11.1. The number of halogens is 2. The maximum Gasteiger partial charge on any atom is 0.253 e. The van der Waals surface area contributed by atoms with Gasteiger partial charge in [-0.2, -0.15) is 0 Å². The second kappa shape index (κ2) is 6.76.